The van der Waals surface area contributed by atoms with E-state index in [4.69, 9.17) is 9.47 Å². The fourth-order valence-electron chi connectivity index (χ4n) is 2.32. The lowest BCUT2D eigenvalue weighted by Gasteiger charge is -2.33. The van der Waals surface area contributed by atoms with Gasteiger partial charge in [-0.05, 0) is 32.0 Å². The summed E-state index contributed by atoms with van der Waals surface area (Å²) < 4.78 is 12.0. The Bertz CT molecular complexity index is 434. The summed E-state index contributed by atoms with van der Waals surface area (Å²) in [6.07, 6.45) is 0.991. The molecule has 17 heavy (non-hydrogen) atoms. The van der Waals surface area contributed by atoms with Gasteiger partial charge in [0.1, 0.15) is 0 Å². The summed E-state index contributed by atoms with van der Waals surface area (Å²) in [5.41, 5.74) is 2.58. The molecule has 1 aliphatic rings. The van der Waals surface area contributed by atoms with Gasteiger partial charge in [-0.25, -0.2) is 0 Å². The van der Waals surface area contributed by atoms with Gasteiger partial charge in [0.05, 0.1) is 14.2 Å². The quantitative estimate of drug-likeness (QED) is 0.838. The van der Waals surface area contributed by atoms with Crippen LogP contribution in [-0.4, -0.2) is 32.2 Å². The number of hydrogen-bond acceptors (Lipinski definition) is 3. The van der Waals surface area contributed by atoms with Crippen LogP contribution in [0.15, 0.2) is 10.5 Å². The molecule has 0 radical (unpaired) electrons. The zero-order valence-corrected chi connectivity index (χ0v) is 12.3. The third kappa shape index (κ3) is 2.16. The van der Waals surface area contributed by atoms with Crippen LogP contribution in [0, 0.1) is 0 Å². The molecule has 94 valence electrons. The van der Waals surface area contributed by atoms with E-state index in [9.17, 15) is 0 Å². The molecule has 0 aromatic heterocycles. The fourth-order valence-corrected chi connectivity index (χ4v) is 2.89. The molecule has 0 aliphatic carbocycles. The van der Waals surface area contributed by atoms with E-state index in [-0.39, 0.29) is 0 Å². The van der Waals surface area contributed by atoms with Crippen LogP contribution in [0.4, 0.5) is 0 Å². The van der Waals surface area contributed by atoms with E-state index in [1.165, 1.54) is 11.1 Å². The highest BCUT2D eigenvalue weighted by Crippen LogP contribution is 2.41. The lowest BCUT2D eigenvalue weighted by molar-refractivity contribution is 0.226. The molecule has 0 fully saturated rings. The maximum atomic E-state index is 5.51. The van der Waals surface area contributed by atoms with Crippen molar-refractivity contribution in [2.24, 2.45) is 0 Å². The highest BCUT2D eigenvalue weighted by atomic mass is 79.9. The number of benzene rings is 1. The second-order valence-corrected chi connectivity index (χ2v) is 5.37. The van der Waals surface area contributed by atoms with Crippen molar-refractivity contribution < 1.29 is 9.47 Å². The Kier molecular flexibility index (Phi) is 3.64. The molecule has 0 bridgehead atoms. The van der Waals surface area contributed by atoms with Crippen LogP contribution >= 0.6 is 15.9 Å². The maximum absolute atomic E-state index is 5.51. The number of likely N-dealkylation sites (N-methyl/N-ethyl adjacent to an activating group) is 1. The smallest absolute Gasteiger partial charge is 0.164 e. The molecular formula is C13H18BrNO2. The van der Waals surface area contributed by atoms with Crippen molar-refractivity contribution in [1.29, 1.82) is 0 Å². The zero-order valence-electron chi connectivity index (χ0n) is 10.7. The fraction of sp³-hybridized carbons (Fsp3) is 0.538. The number of fused-ring (bicyclic) bond motifs is 1. The van der Waals surface area contributed by atoms with Crippen LogP contribution < -0.4 is 9.47 Å². The van der Waals surface area contributed by atoms with Gasteiger partial charge in [-0.15, -0.1) is 0 Å². The topological polar surface area (TPSA) is 21.7 Å². The van der Waals surface area contributed by atoms with Gasteiger partial charge in [0.25, 0.3) is 0 Å². The van der Waals surface area contributed by atoms with Gasteiger partial charge in [-0.2, -0.15) is 0 Å². The monoisotopic (exact) mass is 299 g/mol. The third-order valence-corrected chi connectivity index (χ3v) is 4.20. The molecule has 4 heteroatoms. The van der Waals surface area contributed by atoms with E-state index >= 15 is 0 Å². The van der Waals surface area contributed by atoms with E-state index in [1.807, 2.05) is 6.07 Å². The normalized spacial score (nSPS) is 19.9. The highest BCUT2D eigenvalue weighted by molar-refractivity contribution is 9.10. The average Bonchev–Trinajstić information content (AvgIpc) is 2.31. The van der Waals surface area contributed by atoms with E-state index in [2.05, 4.69) is 34.8 Å². The van der Waals surface area contributed by atoms with Crippen LogP contribution in [0.2, 0.25) is 0 Å². The number of halogens is 1. The summed E-state index contributed by atoms with van der Waals surface area (Å²) in [6.45, 7) is 3.17. The Morgan fingerprint density at radius 1 is 1.29 bits per heavy atom. The first-order valence-electron chi connectivity index (χ1n) is 5.71. The summed E-state index contributed by atoms with van der Waals surface area (Å²) in [6, 6.07) is 2.51. The lowest BCUT2D eigenvalue weighted by Crippen LogP contribution is -2.35. The first-order valence-corrected chi connectivity index (χ1v) is 6.50. The van der Waals surface area contributed by atoms with Crippen molar-refractivity contribution in [3.8, 4) is 11.5 Å². The molecule has 0 saturated heterocycles. The number of nitrogens with zero attached hydrogens (tertiary/aromatic N) is 1. The maximum Gasteiger partial charge on any atom is 0.164 e. The number of hydrogen-bond donors (Lipinski definition) is 0. The van der Waals surface area contributed by atoms with E-state index in [0.29, 0.717) is 6.04 Å². The average molecular weight is 300 g/mol. The van der Waals surface area contributed by atoms with Gasteiger partial charge in [-0.1, -0.05) is 15.9 Å². The summed E-state index contributed by atoms with van der Waals surface area (Å²) in [4.78, 5) is 2.35. The van der Waals surface area contributed by atoms with Crippen molar-refractivity contribution in [1.82, 2.24) is 4.90 Å². The second kappa shape index (κ2) is 4.86. The molecule has 0 N–H and O–H groups in total. The molecule has 0 spiro atoms. The van der Waals surface area contributed by atoms with E-state index < -0.39 is 0 Å². The Morgan fingerprint density at radius 2 is 2.00 bits per heavy atom. The van der Waals surface area contributed by atoms with Crippen LogP contribution in [0.5, 0.6) is 11.5 Å². The van der Waals surface area contributed by atoms with Crippen molar-refractivity contribution in [2.75, 3.05) is 21.3 Å². The van der Waals surface area contributed by atoms with Gasteiger partial charge in [0.15, 0.2) is 11.5 Å². The molecule has 0 saturated carbocycles. The summed E-state index contributed by atoms with van der Waals surface area (Å²) in [7, 11) is 5.53. The molecule has 0 amide bonds. The van der Waals surface area contributed by atoms with Gasteiger partial charge in [0, 0.05) is 22.6 Å². The number of rotatable bonds is 2. The van der Waals surface area contributed by atoms with Gasteiger partial charge < -0.3 is 9.47 Å². The van der Waals surface area contributed by atoms with Crippen molar-refractivity contribution >= 4 is 15.9 Å². The minimum Gasteiger partial charge on any atom is -0.493 e. The van der Waals surface area contributed by atoms with Crippen molar-refractivity contribution in [3.63, 3.8) is 0 Å². The largest absolute Gasteiger partial charge is 0.493 e. The summed E-state index contributed by atoms with van der Waals surface area (Å²) in [5, 5.41) is 0. The van der Waals surface area contributed by atoms with Gasteiger partial charge in [0.2, 0.25) is 0 Å². The summed E-state index contributed by atoms with van der Waals surface area (Å²) in [5.74, 6) is 1.68. The van der Waals surface area contributed by atoms with Crippen LogP contribution in [0.1, 0.15) is 18.1 Å². The number of methoxy groups -OCH3 is 2. The summed E-state index contributed by atoms with van der Waals surface area (Å²) >= 11 is 3.62. The molecule has 2 rings (SSSR count). The highest BCUT2D eigenvalue weighted by Gasteiger charge is 2.26. The van der Waals surface area contributed by atoms with Crippen molar-refractivity contribution in [2.45, 2.75) is 25.9 Å². The predicted molar refractivity (Wildman–Crippen MR) is 71.9 cm³/mol. The minimum absolute atomic E-state index is 0.524. The van der Waals surface area contributed by atoms with Gasteiger partial charge in [-0.3, -0.25) is 4.90 Å². The molecule has 1 heterocycles. The number of ether oxygens (including phenoxy) is 2. The molecule has 1 unspecified atom stereocenters. The molecule has 3 nitrogen and oxygen atoms in total. The van der Waals surface area contributed by atoms with Crippen molar-refractivity contribution in [3.05, 3.63) is 21.7 Å². The minimum atomic E-state index is 0.524. The molecule has 1 aliphatic heterocycles. The van der Waals surface area contributed by atoms with Crippen LogP contribution in [0.3, 0.4) is 0 Å². The Morgan fingerprint density at radius 3 is 2.59 bits per heavy atom. The first kappa shape index (κ1) is 12.7. The lowest BCUT2D eigenvalue weighted by atomic mass is 9.94. The molecule has 1 aromatic carbocycles. The van der Waals surface area contributed by atoms with Crippen LogP contribution in [-0.2, 0) is 13.0 Å². The standard InChI is InChI=1S/C13H18BrNO2/c1-8-5-9-10(7-15(8)2)11(14)6-12(16-3)13(9)17-4/h6,8H,5,7H2,1-4H3. The van der Waals surface area contributed by atoms with Gasteiger partial charge >= 0.3 is 0 Å². The SMILES string of the molecule is COc1cc(Br)c2c(c1OC)CC(C)N(C)C2. The first-order chi connectivity index (χ1) is 8.08. The second-order valence-electron chi connectivity index (χ2n) is 4.52. The third-order valence-electron chi connectivity index (χ3n) is 3.49. The Labute approximate surface area is 111 Å². The molecular weight excluding hydrogens is 282 g/mol. The molecule has 1 atom stereocenters. The van der Waals surface area contributed by atoms with Crippen LogP contribution in [0.25, 0.3) is 0 Å². The molecule has 1 aromatic rings. The van der Waals surface area contributed by atoms with E-state index in [1.54, 1.807) is 14.2 Å². The predicted octanol–water partition coefficient (Wildman–Crippen LogP) is 2.84. The Balaban J connectivity index is 2.58. The van der Waals surface area contributed by atoms with E-state index in [0.717, 1.165) is 28.9 Å². The Hall–Kier alpha value is -0.740. The zero-order chi connectivity index (χ0) is 12.6.